The van der Waals surface area contributed by atoms with Crippen molar-refractivity contribution in [2.24, 2.45) is 5.92 Å². The van der Waals surface area contributed by atoms with Crippen LogP contribution in [-0.4, -0.2) is 52.6 Å². The van der Waals surface area contributed by atoms with Crippen LogP contribution in [0.2, 0.25) is 0 Å². The molecule has 3 aliphatic rings. The Hall–Kier alpha value is -3.93. The monoisotopic (exact) mass is 531 g/mol. The summed E-state index contributed by atoms with van der Waals surface area (Å²) < 4.78 is 38.9. The van der Waals surface area contributed by atoms with Crippen LogP contribution in [-0.2, 0) is 4.79 Å². The van der Waals surface area contributed by atoms with E-state index in [0.29, 0.717) is 24.5 Å². The molecule has 2 aliphatic carbocycles. The van der Waals surface area contributed by atoms with Gasteiger partial charge in [0, 0.05) is 36.5 Å². The third kappa shape index (κ3) is 5.08. The normalized spacial score (nSPS) is 19.7. The lowest BCUT2D eigenvalue weighted by molar-refractivity contribution is -0.163. The third-order valence-electron chi connectivity index (χ3n) is 7.93. The highest BCUT2D eigenvalue weighted by atomic mass is 19.4. The SMILES string of the molecule is C=Cc1ccc2c(-c3cc(C#N)c(N4CCN(C(=O)CC(F)(F)F)[C@H](C5CC5)C4)nc3C3CC3)cccc2n1. The van der Waals surface area contributed by atoms with Crippen molar-refractivity contribution < 1.29 is 18.0 Å². The molecule has 1 atom stereocenters. The Morgan fingerprint density at radius 3 is 2.56 bits per heavy atom. The van der Waals surface area contributed by atoms with Crippen LogP contribution in [0.15, 0.2) is 43.0 Å². The average Bonchev–Trinajstić information content (AvgIpc) is 3.84. The lowest BCUT2D eigenvalue weighted by Crippen LogP contribution is -2.57. The zero-order chi connectivity index (χ0) is 27.3. The maximum atomic E-state index is 13.0. The van der Waals surface area contributed by atoms with Crippen molar-refractivity contribution >= 4 is 28.7 Å². The summed E-state index contributed by atoms with van der Waals surface area (Å²) in [6.45, 7) is 4.70. The number of hydrogen-bond donors (Lipinski definition) is 0. The molecule has 1 aliphatic heterocycles. The first-order valence-corrected chi connectivity index (χ1v) is 13.3. The van der Waals surface area contributed by atoms with Crippen molar-refractivity contribution in [2.45, 2.75) is 50.2 Å². The molecule has 2 aromatic heterocycles. The number of benzene rings is 1. The van der Waals surface area contributed by atoms with Crippen molar-refractivity contribution in [1.82, 2.24) is 14.9 Å². The predicted octanol–water partition coefficient (Wildman–Crippen LogP) is 6.07. The number of hydrogen-bond acceptors (Lipinski definition) is 5. The summed E-state index contributed by atoms with van der Waals surface area (Å²) >= 11 is 0. The van der Waals surface area contributed by atoms with Crippen molar-refractivity contribution in [3.8, 4) is 17.2 Å². The molecule has 1 aromatic carbocycles. The summed E-state index contributed by atoms with van der Waals surface area (Å²) in [5, 5.41) is 11.1. The highest BCUT2D eigenvalue weighted by Gasteiger charge is 2.44. The van der Waals surface area contributed by atoms with Gasteiger partial charge in [-0.25, -0.2) is 9.97 Å². The topological polar surface area (TPSA) is 73.1 Å². The molecule has 0 radical (unpaired) electrons. The Morgan fingerprint density at radius 2 is 1.90 bits per heavy atom. The van der Waals surface area contributed by atoms with Gasteiger partial charge in [-0.05, 0) is 61.4 Å². The van der Waals surface area contributed by atoms with Crippen LogP contribution >= 0.6 is 0 Å². The van der Waals surface area contributed by atoms with E-state index in [1.165, 1.54) is 4.90 Å². The third-order valence-corrected chi connectivity index (χ3v) is 7.93. The van der Waals surface area contributed by atoms with E-state index >= 15 is 0 Å². The molecule has 3 fully saturated rings. The number of piperazine rings is 1. The zero-order valence-electron chi connectivity index (χ0n) is 21.4. The molecule has 0 spiro atoms. The molecular formula is C30H28F3N5O. The molecule has 9 heteroatoms. The number of carbonyl (C=O) groups is 1. The van der Waals surface area contributed by atoms with Gasteiger partial charge in [-0.15, -0.1) is 0 Å². The lowest BCUT2D eigenvalue weighted by atomic mass is 9.95. The highest BCUT2D eigenvalue weighted by molar-refractivity contribution is 5.96. The van der Waals surface area contributed by atoms with Crippen LogP contribution in [0.25, 0.3) is 28.1 Å². The minimum atomic E-state index is -4.53. The molecule has 6 nitrogen and oxygen atoms in total. The average molecular weight is 532 g/mol. The minimum absolute atomic E-state index is 0.182. The Bertz CT molecular complexity index is 1500. The van der Waals surface area contributed by atoms with Gasteiger partial charge in [0.25, 0.3) is 0 Å². The summed E-state index contributed by atoms with van der Waals surface area (Å²) in [4.78, 5) is 25.7. The summed E-state index contributed by atoms with van der Waals surface area (Å²) in [6.07, 6.45) is -0.455. The van der Waals surface area contributed by atoms with Crippen molar-refractivity contribution in [3.05, 3.63) is 59.9 Å². The largest absolute Gasteiger partial charge is 0.397 e. The summed E-state index contributed by atoms with van der Waals surface area (Å²) in [6, 6.07) is 13.8. The second-order valence-corrected chi connectivity index (χ2v) is 10.7. The molecule has 0 N–H and O–H groups in total. The minimum Gasteiger partial charge on any atom is -0.352 e. The van der Waals surface area contributed by atoms with Gasteiger partial charge in [-0.2, -0.15) is 18.4 Å². The number of amides is 1. The number of rotatable bonds is 6. The molecular weight excluding hydrogens is 503 g/mol. The number of halogens is 3. The molecule has 3 heterocycles. The van der Waals surface area contributed by atoms with Crippen LogP contribution < -0.4 is 4.90 Å². The van der Waals surface area contributed by atoms with E-state index < -0.39 is 18.5 Å². The van der Waals surface area contributed by atoms with Gasteiger partial charge in [-0.3, -0.25) is 4.79 Å². The molecule has 2 saturated carbocycles. The Morgan fingerprint density at radius 1 is 1.10 bits per heavy atom. The van der Waals surface area contributed by atoms with Crippen LogP contribution in [0.3, 0.4) is 0 Å². The van der Waals surface area contributed by atoms with E-state index in [1.807, 2.05) is 41.3 Å². The van der Waals surface area contributed by atoms with E-state index in [9.17, 15) is 23.2 Å². The quantitative estimate of drug-likeness (QED) is 0.386. The molecule has 6 rings (SSSR count). The van der Waals surface area contributed by atoms with E-state index in [0.717, 1.165) is 59.1 Å². The predicted molar refractivity (Wildman–Crippen MR) is 143 cm³/mol. The number of aromatic nitrogens is 2. The van der Waals surface area contributed by atoms with Gasteiger partial charge in [0.05, 0.1) is 28.5 Å². The number of carbonyl (C=O) groups excluding carboxylic acids is 1. The fraction of sp³-hybridized carbons (Fsp3) is 0.400. The number of anilines is 1. The number of alkyl halides is 3. The fourth-order valence-corrected chi connectivity index (χ4v) is 5.71. The second kappa shape index (κ2) is 9.67. The molecule has 3 aromatic rings. The van der Waals surface area contributed by atoms with Crippen LogP contribution in [0, 0.1) is 17.2 Å². The molecule has 1 saturated heterocycles. The molecule has 1 amide bonds. The zero-order valence-corrected chi connectivity index (χ0v) is 21.4. The Labute approximate surface area is 224 Å². The smallest absolute Gasteiger partial charge is 0.352 e. The molecule has 39 heavy (non-hydrogen) atoms. The summed E-state index contributed by atoms with van der Waals surface area (Å²) in [5.41, 5.74) is 4.85. The first-order valence-electron chi connectivity index (χ1n) is 13.3. The highest BCUT2D eigenvalue weighted by Crippen LogP contribution is 2.46. The lowest BCUT2D eigenvalue weighted by Gasteiger charge is -2.42. The number of nitrogens with zero attached hydrogens (tertiary/aromatic N) is 5. The Kier molecular flexibility index (Phi) is 6.29. The number of nitriles is 1. The first kappa shape index (κ1) is 25.4. The maximum Gasteiger partial charge on any atom is 0.397 e. The number of fused-ring (bicyclic) bond motifs is 1. The molecule has 200 valence electrons. The molecule has 0 bridgehead atoms. The van der Waals surface area contributed by atoms with Crippen LogP contribution in [0.5, 0.6) is 0 Å². The van der Waals surface area contributed by atoms with Gasteiger partial charge in [-0.1, -0.05) is 24.8 Å². The Balaban J connectivity index is 1.37. The van der Waals surface area contributed by atoms with Gasteiger partial charge in [0.2, 0.25) is 5.91 Å². The van der Waals surface area contributed by atoms with Gasteiger partial charge >= 0.3 is 6.18 Å². The summed E-state index contributed by atoms with van der Waals surface area (Å²) in [7, 11) is 0. The van der Waals surface area contributed by atoms with Crippen molar-refractivity contribution in [3.63, 3.8) is 0 Å². The van der Waals surface area contributed by atoms with Gasteiger partial charge in [0.15, 0.2) is 0 Å². The van der Waals surface area contributed by atoms with Crippen LogP contribution in [0.4, 0.5) is 19.0 Å². The van der Waals surface area contributed by atoms with E-state index in [2.05, 4.69) is 17.6 Å². The van der Waals surface area contributed by atoms with Crippen molar-refractivity contribution in [1.29, 1.82) is 5.26 Å². The second-order valence-electron chi connectivity index (χ2n) is 10.7. The van der Waals surface area contributed by atoms with E-state index in [4.69, 9.17) is 4.98 Å². The van der Waals surface area contributed by atoms with E-state index in [1.54, 1.807) is 6.08 Å². The van der Waals surface area contributed by atoms with Crippen molar-refractivity contribution in [2.75, 3.05) is 24.5 Å². The standard InChI is InChI=1S/C30H28F3N5O/c1-2-21-10-11-23-22(4-3-5-25(23)35-21)24-14-20(16-34)29(36-28(24)19-8-9-19)37-12-13-38(26(17-37)18-6-7-18)27(39)15-30(31,32)33/h2-5,10-11,14,18-19,26H,1,6-9,12-13,15,17H2/t26-/m0/s1. The van der Waals surface area contributed by atoms with Crippen LogP contribution in [0.1, 0.15) is 55.0 Å². The van der Waals surface area contributed by atoms with E-state index in [-0.39, 0.29) is 24.4 Å². The van der Waals surface area contributed by atoms with Gasteiger partial charge < -0.3 is 9.80 Å². The first-order chi connectivity index (χ1) is 18.8. The van der Waals surface area contributed by atoms with Gasteiger partial charge in [0.1, 0.15) is 18.3 Å². The fourth-order valence-electron chi connectivity index (χ4n) is 5.71. The maximum absolute atomic E-state index is 13.0. The summed E-state index contributed by atoms with van der Waals surface area (Å²) in [5.74, 6) is 0.159. The number of pyridine rings is 2. The molecule has 0 unspecified atom stereocenters.